The van der Waals surface area contributed by atoms with Crippen LogP contribution in [0.1, 0.15) is 26.6 Å². The van der Waals surface area contributed by atoms with E-state index in [0.29, 0.717) is 29.5 Å². The van der Waals surface area contributed by atoms with Gasteiger partial charge in [-0.2, -0.15) is 0 Å². The Bertz CT molecular complexity index is 768. The van der Waals surface area contributed by atoms with Crippen molar-refractivity contribution in [3.05, 3.63) is 12.2 Å². The average molecular weight is 333 g/mol. The van der Waals surface area contributed by atoms with E-state index in [-0.39, 0.29) is 11.6 Å². The lowest BCUT2D eigenvalue weighted by atomic mass is 10.2. The SMILES string of the molecule is CC(C)(C)[Si](C)(C)OCn1c(C#CCO)nc2c(N)ncnc21. The molecule has 0 aliphatic carbocycles. The Morgan fingerprint density at radius 2 is 2.04 bits per heavy atom. The van der Waals surface area contributed by atoms with E-state index in [9.17, 15) is 0 Å². The number of hydrogen-bond acceptors (Lipinski definition) is 6. The molecule has 0 spiro atoms. The number of hydrogen-bond donors (Lipinski definition) is 2. The standard InChI is InChI=1S/C15H23N5O2Si/c1-15(2,3)23(4,5)22-10-20-11(7-6-8-21)19-12-13(16)17-9-18-14(12)20/h9,21H,8,10H2,1-5H3,(H2,16,17,18). The van der Waals surface area contributed by atoms with Crippen molar-refractivity contribution in [3.63, 3.8) is 0 Å². The van der Waals surface area contributed by atoms with Gasteiger partial charge in [0.15, 0.2) is 31.1 Å². The summed E-state index contributed by atoms with van der Waals surface area (Å²) in [6, 6.07) is 0. The van der Waals surface area contributed by atoms with Gasteiger partial charge in [0.25, 0.3) is 0 Å². The van der Waals surface area contributed by atoms with Crippen LogP contribution in [0.3, 0.4) is 0 Å². The van der Waals surface area contributed by atoms with Crippen LogP contribution in [-0.2, 0) is 11.2 Å². The number of imidazole rings is 1. The lowest BCUT2D eigenvalue weighted by Crippen LogP contribution is -2.41. The second-order valence-electron chi connectivity index (χ2n) is 6.79. The minimum Gasteiger partial charge on any atom is -0.399 e. The summed E-state index contributed by atoms with van der Waals surface area (Å²) in [5.41, 5.74) is 6.94. The van der Waals surface area contributed by atoms with Crippen molar-refractivity contribution in [3.8, 4) is 11.8 Å². The molecule has 0 radical (unpaired) electrons. The first-order chi connectivity index (χ1) is 10.7. The molecular weight excluding hydrogens is 310 g/mol. The van der Waals surface area contributed by atoms with Crippen LogP contribution >= 0.6 is 0 Å². The monoisotopic (exact) mass is 333 g/mol. The predicted molar refractivity (Wildman–Crippen MR) is 92.0 cm³/mol. The lowest BCUT2D eigenvalue weighted by molar-refractivity contribution is 0.215. The first-order valence-corrected chi connectivity index (χ1v) is 10.3. The third kappa shape index (κ3) is 3.52. The van der Waals surface area contributed by atoms with Gasteiger partial charge in [-0.05, 0) is 24.1 Å². The molecule has 0 fully saturated rings. The minimum absolute atomic E-state index is 0.0916. The molecule has 2 aromatic heterocycles. The number of aromatic nitrogens is 4. The zero-order valence-corrected chi connectivity index (χ0v) is 15.2. The van der Waals surface area contributed by atoms with Crippen molar-refractivity contribution in [1.29, 1.82) is 0 Å². The molecule has 124 valence electrons. The maximum absolute atomic E-state index is 8.93. The number of nitrogens with two attached hydrogens (primary N) is 1. The Morgan fingerprint density at radius 3 is 2.65 bits per heavy atom. The van der Waals surface area contributed by atoms with Gasteiger partial charge in [0.1, 0.15) is 19.7 Å². The molecule has 0 saturated carbocycles. The van der Waals surface area contributed by atoms with E-state index < -0.39 is 8.32 Å². The van der Waals surface area contributed by atoms with E-state index >= 15 is 0 Å². The van der Waals surface area contributed by atoms with Crippen LogP contribution in [0.15, 0.2) is 6.33 Å². The summed E-state index contributed by atoms with van der Waals surface area (Å²) in [6.07, 6.45) is 1.39. The minimum atomic E-state index is -1.94. The molecule has 2 heterocycles. The molecule has 0 bridgehead atoms. The van der Waals surface area contributed by atoms with Gasteiger partial charge in [0, 0.05) is 0 Å². The molecule has 2 aromatic rings. The number of rotatable bonds is 3. The summed E-state index contributed by atoms with van der Waals surface area (Å²) in [5, 5.41) is 9.02. The fourth-order valence-electron chi connectivity index (χ4n) is 1.73. The van der Waals surface area contributed by atoms with E-state index in [4.69, 9.17) is 15.3 Å². The van der Waals surface area contributed by atoms with Crippen LogP contribution < -0.4 is 5.73 Å². The molecule has 3 N–H and O–H groups in total. The van der Waals surface area contributed by atoms with Crippen LogP contribution in [0.4, 0.5) is 5.82 Å². The third-order valence-corrected chi connectivity index (χ3v) is 8.66. The van der Waals surface area contributed by atoms with E-state index in [1.165, 1.54) is 6.33 Å². The quantitative estimate of drug-likeness (QED) is 0.655. The van der Waals surface area contributed by atoms with Crippen molar-refractivity contribution in [2.75, 3.05) is 12.3 Å². The van der Waals surface area contributed by atoms with Crippen molar-refractivity contribution in [2.45, 2.75) is 45.6 Å². The number of nitrogens with zero attached hydrogens (tertiary/aromatic N) is 4. The predicted octanol–water partition coefficient (Wildman–Crippen LogP) is 1.73. The van der Waals surface area contributed by atoms with E-state index in [1.807, 2.05) is 0 Å². The molecular formula is C15H23N5O2Si. The Labute approximate surface area is 137 Å². The highest BCUT2D eigenvalue weighted by molar-refractivity contribution is 6.74. The molecule has 0 aliphatic rings. The van der Waals surface area contributed by atoms with Gasteiger partial charge in [-0.1, -0.05) is 26.7 Å². The molecule has 2 rings (SSSR count). The molecule has 8 heteroatoms. The summed E-state index contributed by atoms with van der Waals surface area (Å²) >= 11 is 0. The lowest BCUT2D eigenvalue weighted by Gasteiger charge is -2.36. The van der Waals surface area contributed by atoms with Crippen LogP contribution in [0.5, 0.6) is 0 Å². The summed E-state index contributed by atoms with van der Waals surface area (Å²) in [4.78, 5) is 12.6. The Morgan fingerprint density at radius 1 is 1.35 bits per heavy atom. The normalized spacial score (nSPS) is 12.3. The second-order valence-corrected chi connectivity index (χ2v) is 11.6. The van der Waals surface area contributed by atoms with Gasteiger partial charge in [0.2, 0.25) is 0 Å². The molecule has 0 amide bonds. The largest absolute Gasteiger partial charge is 0.399 e. The summed E-state index contributed by atoms with van der Waals surface area (Å²) < 4.78 is 8.01. The van der Waals surface area contributed by atoms with Crippen LogP contribution in [0.2, 0.25) is 18.1 Å². The maximum Gasteiger partial charge on any atom is 0.194 e. The van der Waals surface area contributed by atoms with E-state index in [2.05, 4.69) is 60.7 Å². The third-order valence-electron chi connectivity index (χ3n) is 4.20. The highest BCUT2D eigenvalue weighted by atomic mass is 28.4. The Hall–Kier alpha value is -1.95. The van der Waals surface area contributed by atoms with Crippen molar-refractivity contribution in [2.24, 2.45) is 0 Å². The number of aliphatic hydroxyl groups excluding tert-OH is 1. The van der Waals surface area contributed by atoms with Crippen LogP contribution in [0.25, 0.3) is 11.2 Å². The molecule has 0 aliphatic heterocycles. The fraction of sp³-hybridized carbons (Fsp3) is 0.533. The fourth-order valence-corrected chi connectivity index (χ4v) is 2.62. The van der Waals surface area contributed by atoms with Crippen molar-refractivity contribution in [1.82, 2.24) is 19.5 Å². The molecule has 7 nitrogen and oxygen atoms in total. The molecule has 0 aromatic carbocycles. The Balaban J connectivity index is 2.44. The molecule has 23 heavy (non-hydrogen) atoms. The van der Waals surface area contributed by atoms with E-state index in [0.717, 1.165) is 0 Å². The van der Waals surface area contributed by atoms with Gasteiger partial charge in [-0.25, -0.2) is 15.0 Å². The number of anilines is 1. The van der Waals surface area contributed by atoms with Gasteiger partial charge >= 0.3 is 0 Å². The van der Waals surface area contributed by atoms with Gasteiger partial charge in [-0.15, -0.1) is 0 Å². The highest BCUT2D eigenvalue weighted by Gasteiger charge is 2.37. The number of fused-ring (bicyclic) bond motifs is 1. The zero-order valence-electron chi connectivity index (χ0n) is 14.2. The molecule has 0 saturated heterocycles. The second kappa shape index (κ2) is 6.27. The van der Waals surface area contributed by atoms with Crippen LogP contribution in [-0.4, -0.2) is 39.5 Å². The first kappa shape index (κ1) is 17.4. The zero-order chi connectivity index (χ0) is 17.3. The highest BCUT2D eigenvalue weighted by Crippen LogP contribution is 2.37. The first-order valence-electron chi connectivity index (χ1n) is 7.38. The van der Waals surface area contributed by atoms with Crippen molar-refractivity contribution >= 4 is 25.3 Å². The smallest absolute Gasteiger partial charge is 0.194 e. The van der Waals surface area contributed by atoms with E-state index in [1.54, 1.807) is 4.57 Å². The Kier molecular flexibility index (Phi) is 4.75. The molecule has 0 atom stereocenters. The summed E-state index contributed by atoms with van der Waals surface area (Å²) in [7, 11) is -1.94. The summed E-state index contributed by atoms with van der Waals surface area (Å²) in [5.74, 6) is 6.18. The topological polar surface area (TPSA) is 99.1 Å². The summed E-state index contributed by atoms with van der Waals surface area (Å²) in [6.45, 7) is 10.9. The number of aliphatic hydroxyl groups is 1. The van der Waals surface area contributed by atoms with Crippen LogP contribution in [0, 0.1) is 11.8 Å². The number of nitrogen functional groups attached to an aromatic ring is 1. The van der Waals surface area contributed by atoms with Gasteiger partial charge < -0.3 is 15.3 Å². The van der Waals surface area contributed by atoms with Gasteiger partial charge in [-0.3, -0.25) is 4.57 Å². The van der Waals surface area contributed by atoms with Crippen molar-refractivity contribution < 1.29 is 9.53 Å². The van der Waals surface area contributed by atoms with Gasteiger partial charge in [0.05, 0.1) is 0 Å². The average Bonchev–Trinajstić information content (AvgIpc) is 2.81. The maximum atomic E-state index is 8.93. The molecule has 0 unspecified atom stereocenters.